The van der Waals surface area contributed by atoms with Gasteiger partial charge in [0.2, 0.25) is 5.91 Å². The average Bonchev–Trinajstić information content (AvgIpc) is 2.93. The van der Waals surface area contributed by atoms with E-state index >= 15 is 0 Å². The fourth-order valence-corrected chi connectivity index (χ4v) is 12.9. The average molecular weight is 1190 g/mol. The molecule has 24 nitrogen and oxygen atoms in total. The summed E-state index contributed by atoms with van der Waals surface area (Å²) in [5, 5.41) is 17.6. The van der Waals surface area contributed by atoms with Crippen LogP contribution in [0.2, 0.25) is 0 Å². The highest BCUT2D eigenvalue weighted by Gasteiger charge is 2.37. The first kappa shape index (κ1) is 61.1. The molecule has 3 aromatic heterocycles. The van der Waals surface area contributed by atoms with Crippen LogP contribution in [0.15, 0.2) is 54.6 Å². The molecule has 0 bridgehead atoms. The molecular formula is C54H67BN8O16P3-3. The number of rotatable bonds is 24. The number of nitrogens with one attached hydrogen (secondary N) is 5. The highest BCUT2D eigenvalue weighted by molar-refractivity contribution is 7.50. The Bertz CT molecular complexity index is 3490. The zero-order valence-electron chi connectivity index (χ0n) is 45.9. The van der Waals surface area contributed by atoms with Crippen LogP contribution in [-0.2, 0) is 60.6 Å². The van der Waals surface area contributed by atoms with Crippen molar-refractivity contribution in [1.29, 1.82) is 0 Å². The number of amides is 4. The SMILES string of the molecule is CP(=O)([O-])OCCCC(=O)N1CCc2c1ccc1[nH]c(C(=O)N3CCc4c3ccc3[nH]c(C(=O)N5CCc6c5ccc5[nH]c(C(=O)NCCCO)cc65)cc43)cc21.[B]C1CC(OP(C)(=O)[O-])C(COP(=O)([O-])OCCCCCCNC)O1. The lowest BCUT2D eigenvalue weighted by Crippen LogP contribution is -2.30. The van der Waals surface area contributed by atoms with Gasteiger partial charge in [-0.1, -0.05) is 12.8 Å². The van der Waals surface area contributed by atoms with E-state index in [1.54, 1.807) is 14.7 Å². The Balaban J connectivity index is 0.000000273. The van der Waals surface area contributed by atoms with Crippen molar-refractivity contribution in [1.82, 2.24) is 25.6 Å². The van der Waals surface area contributed by atoms with E-state index in [-0.39, 0.29) is 56.3 Å². The molecule has 6 aromatic rings. The first-order valence-electron chi connectivity index (χ1n) is 27.4. The number of anilines is 3. The smallest absolute Gasteiger partial charge is 0.274 e. The van der Waals surface area contributed by atoms with E-state index in [2.05, 4.69) is 25.6 Å². The van der Waals surface area contributed by atoms with Gasteiger partial charge in [0, 0.05) is 108 Å². The molecule has 1 fully saturated rings. The number of nitrogens with zero attached hydrogens (tertiary/aromatic N) is 3. The molecule has 4 aliphatic heterocycles. The number of unbranched alkanes of at least 4 members (excludes halogenated alkanes) is 3. The van der Waals surface area contributed by atoms with E-state index in [1.165, 1.54) is 0 Å². The highest BCUT2D eigenvalue weighted by Crippen LogP contribution is 2.44. The van der Waals surface area contributed by atoms with Crippen molar-refractivity contribution < 1.29 is 75.5 Å². The molecule has 7 heterocycles. The molecule has 6 atom stereocenters. The maximum atomic E-state index is 14.1. The number of phosphoric ester groups is 1. The minimum atomic E-state index is -4.49. The molecule has 0 saturated carbocycles. The summed E-state index contributed by atoms with van der Waals surface area (Å²) in [5.41, 5.74) is 9.13. The van der Waals surface area contributed by atoms with Crippen LogP contribution in [0.25, 0.3) is 32.7 Å². The predicted molar refractivity (Wildman–Crippen MR) is 304 cm³/mol. The van der Waals surface area contributed by atoms with Gasteiger partial charge in [0.1, 0.15) is 46.2 Å². The number of hydrogen-bond acceptors (Lipinski definition) is 17. The van der Waals surface area contributed by atoms with Gasteiger partial charge in [-0.25, -0.2) is 0 Å². The van der Waals surface area contributed by atoms with Crippen LogP contribution in [0.4, 0.5) is 17.1 Å². The minimum Gasteiger partial charge on any atom is -0.779 e. The number of benzene rings is 3. The van der Waals surface area contributed by atoms with Crippen molar-refractivity contribution in [3.05, 3.63) is 88.4 Å². The summed E-state index contributed by atoms with van der Waals surface area (Å²) in [4.78, 5) is 103. The van der Waals surface area contributed by atoms with Crippen LogP contribution >= 0.6 is 23.0 Å². The first-order chi connectivity index (χ1) is 39.1. The topological polar surface area (TPSA) is 336 Å². The number of aliphatic hydroxyl groups excluding tert-OH is 1. The number of aliphatic hydroxyl groups is 1. The molecule has 3 aromatic carbocycles. The number of carbonyl (C=O) groups is 4. The summed E-state index contributed by atoms with van der Waals surface area (Å²) >= 11 is 0. The lowest BCUT2D eigenvalue weighted by molar-refractivity contribution is -0.228. The number of H-pyrrole nitrogens is 3. The monoisotopic (exact) mass is 1190 g/mol. The van der Waals surface area contributed by atoms with Crippen LogP contribution in [0.3, 0.4) is 0 Å². The van der Waals surface area contributed by atoms with Gasteiger partial charge in [-0.3, -0.25) is 23.7 Å². The number of aromatic amines is 3. The van der Waals surface area contributed by atoms with E-state index in [4.69, 9.17) is 35.8 Å². The summed E-state index contributed by atoms with van der Waals surface area (Å²) in [6, 6.07) is 16.2. The van der Waals surface area contributed by atoms with Crippen molar-refractivity contribution in [2.45, 2.75) is 88.8 Å². The third-order valence-corrected chi connectivity index (χ3v) is 17.1. The Hall–Kier alpha value is -5.49. The van der Waals surface area contributed by atoms with Gasteiger partial charge >= 0.3 is 0 Å². The number of phosphoric acid groups is 1. The van der Waals surface area contributed by atoms with E-state index in [0.717, 1.165) is 106 Å². The van der Waals surface area contributed by atoms with Gasteiger partial charge in [0.15, 0.2) is 0 Å². The normalized spacial score (nSPS) is 19.6. The quantitative estimate of drug-likeness (QED) is 0.0273. The summed E-state index contributed by atoms with van der Waals surface area (Å²) in [6.45, 7) is 4.30. The van der Waals surface area contributed by atoms with Crippen LogP contribution in [0.5, 0.6) is 0 Å². The number of carbonyl (C=O) groups excluding carboxylic acids is 4. The number of aromatic nitrogens is 3. The zero-order chi connectivity index (χ0) is 58.5. The number of ether oxygens (including phenoxy) is 1. The maximum Gasteiger partial charge on any atom is 0.274 e. The summed E-state index contributed by atoms with van der Waals surface area (Å²) in [7, 11) is -4.86. The Morgan fingerprint density at radius 1 is 0.671 bits per heavy atom. The van der Waals surface area contributed by atoms with Crippen molar-refractivity contribution in [3.63, 3.8) is 0 Å². The van der Waals surface area contributed by atoms with Crippen LogP contribution in [0, 0.1) is 0 Å². The fraction of sp³-hybridized carbons (Fsp3) is 0.481. The summed E-state index contributed by atoms with van der Waals surface area (Å²) in [6.07, 6.45) is 4.64. The third kappa shape index (κ3) is 14.5. The second-order valence-electron chi connectivity index (χ2n) is 20.8. The number of hydrogen-bond donors (Lipinski definition) is 6. The predicted octanol–water partition coefficient (Wildman–Crippen LogP) is 4.64. The summed E-state index contributed by atoms with van der Waals surface area (Å²) < 4.78 is 58.7. The molecule has 1 saturated heterocycles. The van der Waals surface area contributed by atoms with Crippen LogP contribution < -0.4 is 40.0 Å². The Morgan fingerprint density at radius 3 is 1.72 bits per heavy atom. The maximum absolute atomic E-state index is 14.1. The molecule has 10 rings (SSSR count). The molecular weight excluding hydrogens is 1120 g/mol. The standard InChI is InChI=1S/C41H42N7O8P.C13H28BNO8P2/c1-57(54,55)56-19-2-4-38(50)46-15-11-23-27-21-33(44-30(27)5-8-35(23)46)40(52)48-17-13-25-28-22-34(45-31(28)7-10-37(25)48)41(53)47-16-12-24-26-20-32(39(51)42-14-3-18-49)43-29(26)6-9-36(24)47;1-15-7-5-3-4-6-8-20-25(18,19)21-10-12-11(9-13(14)22-12)23-24(2,16)17/h5-10,20-22,43-45,49H,2-4,11-19H2,1H3,(H,42,51)(H,54,55);11-13,15H,3-10H2,1-2H3,(H,16,17)(H,18,19)/p-3. The zero-order valence-corrected chi connectivity index (χ0v) is 48.6. The highest BCUT2D eigenvalue weighted by atomic mass is 31.2. The summed E-state index contributed by atoms with van der Waals surface area (Å²) in [5.74, 6) is -0.677. The van der Waals surface area contributed by atoms with Crippen molar-refractivity contribution >= 4 is 104 Å². The first-order valence-corrected chi connectivity index (χ1v) is 32.9. The lowest BCUT2D eigenvalue weighted by atomic mass is 9.96. The van der Waals surface area contributed by atoms with Crippen molar-refractivity contribution in [2.24, 2.45) is 0 Å². The molecule has 440 valence electrons. The molecule has 2 radical (unpaired) electrons. The molecule has 6 unspecified atom stereocenters. The van der Waals surface area contributed by atoms with E-state index < -0.39 is 47.8 Å². The molecule has 4 aliphatic rings. The minimum absolute atomic E-state index is 0.000842. The molecule has 28 heteroatoms. The molecule has 82 heavy (non-hydrogen) atoms. The molecule has 4 amide bonds. The second kappa shape index (κ2) is 26.2. The van der Waals surface area contributed by atoms with Gasteiger partial charge in [0.25, 0.3) is 25.5 Å². The van der Waals surface area contributed by atoms with E-state index in [1.807, 2.05) is 61.6 Å². The molecule has 6 N–H and O–H groups in total. The van der Waals surface area contributed by atoms with Gasteiger partial charge < -0.3 is 92.0 Å². The van der Waals surface area contributed by atoms with Crippen LogP contribution in [-0.4, -0.2) is 149 Å². The van der Waals surface area contributed by atoms with E-state index in [9.17, 15) is 47.6 Å². The molecule has 0 spiro atoms. The molecule has 0 aliphatic carbocycles. The number of fused-ring (bicyclic) bond motifs is 9. The van der Waals surface area contributed by atoms with Gasteiger partial charge in [0.05, 0.1) is 25.9 Å². The fourth-order valence-electron chi connectivity index (χ4n) is 11.0. The van der Waals surface area contributed by atoms with Gasteiger partial charge in [-0.2, -0.15) is 0 Å². The van der Waals surface area contributed by atoms with Crippen LogP contribution in [0.1, 0.15) is 99.5 Å². The Labute approximate surface area is 475 Å². The van der Waals surface area contributed by atoms with E-state index in [0.29, 0.717) is 81.8 Å². The van der Waals surface area contributed by atoms with Crippen molar-refractivity contribution in [2.75, 3.05) is 94.2 Å². The van der Waals surface area contributed by atoms with Gasteiger partial charge in [-0.15, -0.1) is 0 Å². The Morgan fingerprint density at radius 2 is 1.18 bits per heavy atom. The second-order valence-corrected chi connectivity index (χ2v) is 25.8. The third-order valence-electron chi connectivity index (χ3n) is 14.8. The van der Waals surface area contributed by atoms with Gasteiger partial charge in [-0.05, 0) is 136 Å². The lowest BCUT2D eigenvalue weighted by Gasteiger charge is -2.28. The largest absolute Gasteiger partial charge is 0.779 e. The van der Waals surface area contributed by atoms with Crippen molar-refractivity contribution in [3.8, 4) is 0 Å². The Kier molecular flexibility index (Phi) is 19.5.